The van der Waals surface area contributed by atoms with Crippen LogP contribution in [-0.2, 0) is 0 Å². The highest BCUT2D eigenvalue weighted by Gasteiger charge is 2.15. The van der Waals surface area contributed by atoms with Gasteiger partial charge in [0.2, 0.25) is 0 Å². The lowest BCUT2D eigenvalue weighted by Crippen LogP contribution is -2.12. The molecule has 0 saturated carbocycles. The lowest BCUT2D eigenvalue weighted by Gasteiger charge is -2.10. The van der Waals surface area contributed by atoms with E-state index in [0.717, 1.165) is 12.1 Å². The largest absolute Gasteiger partial charge is 0.338 e. The first-order chi connectivity index (χ1) is 12.5. The van der Waals surface area contributed by atoms with Crippen molar-refractivity contribution in [2.45, 2.75) is 0 Å². The van der Waals surface area contributed by atoms with Gasteiger partial charge in [0, 0.05) is 11.8 Å². The van der Waals surface area contributed by atoms with Crippen molar-refractivity contribution in [2.24, 2.45) is 0 Å². The van der Waals surface area contributed by atoms with Gasteiger partial charge in [0.15, 0.2) is 17.5 Å². The standard InChI is InChI=1S/C18H11ClF3N3O/c19-11-3-1-2-4-13(11)25-18(26)10-7-8-23-15(9-10)24-14-6-5-12(20)16(21)17(14)22/h1-9H,(H,23,24)(H,25,26). The third kappa shape index (κ3) is 3.78. The van der Waals surface area contributed by atoms with Gasteiger partial charge in [-0.05, 0) is 36.4 Å². The summed E-state index contributed by atoms with van der Waals surface area (Å²) in [5.41, 5.74) is 0.336. The van der Waals surface area contributed by atoms with E-state index in [1.54, 1.807) is 24.3 Å². The topological polar surface area (TPSA) is 54.0 Å². The second-order valence-corrected chi connectivity index (χ2v) is 5.62. The van der Waals surface area contributed by atoms with E-state index in [9.17, 15) is 18.0 Å². The van der Waals surface area contributed by atoms with Crippen LogP contribution in [0.5, 0.6) is 0 Å². The molecule has 0 atom stereocenters. The van der Waals surface area contributed by atoms with Crippen LogP contribution < -0.4 is 10.6 Å². The van der Waals surface area contributed by atoms with E-state index in [4.69, 9.17) is 11.6 Å². The van der Waals surface area contributed by atoms with Gasteiger partial charge in [0.25, 0.3) is 5.91 Å². The van der Waals surface area contributed by atoms with Gasteiger partial charge >= 0.3 is 0 Å². The Kier molecular flexibility index (Phi) is 5.09. The number of benzene rings is 2. The van der Waals surface area contributed by atoms with Crippen LogP contribution in [-0.4, -0.2) is 10.9 Å². The molecule has 0 unspecified atom stereocenters. The molecule has 0 bridgehead atoms. The average Bonchev–Trinajstić information content (AvgIpc) is 2.64. The SMILES string of the molecule is O=C(Nc1ccccc1Cl)c1ccnc(Nc2ccc(F)c(F)c2F)c1. The van der Waals surface area contributed by atoms with Gasteiger partial charge in [-0.2, -0.15) is 0 Å². The van der Waals surface area contributed by atoms with Crippen molar-refractivity contribution in [3.05, 3.63) is 82.8 Å². The van der Waals surface area contributed by atoms with E-state index in [0.29, 0.717) is 10.7 Å². The zero-order valence-electron chi connectivity index (χ0n) is 13.1. The number of nitrogens with zero attached hydrogens (tertiary/aromatic N) is 1. The van der Waals surface area contributed by atoms with E-state index >= 15 is 0 Å². The third-order valence-corrected chi connectivity index (χ3v) is 3.77. The summed E-state index contributed by atoms with van der Waals surface area (Å²) in [5, 5.41) is 5.52. The molecule has 2 aromatic carbocycles. The van der Waals surface area contributed by atoms with Crippen molar-refractivity contribution in [1.82, 2.24) is 4.98 Å². The summed E-state index contributed by atoms with van der Waals surface area (Å²) in [6, 6.07) is 11.3. The number of aromatic nitrogens is 1. The Bertz CT molecular complexity index is 982. The number of pyridine rings is 1. The van der Waals surface area contributed by atoms with Gasteiger partial charge in [0.05, 0.1) is 16.4 Å². The van der Waals surface area contributed by atoms with Crippen molar-refractivity contribution in [3.63, 3.8) is 0 Å². The Balaban J connectivity index is 1.81. The van der Waals surface area contributed by atoms with Crippen LogP contribution in [0.4, 0.5) is 30.4 Å². The summed E-state index contributed by atoms with van der Waals surface area (Å²) in [5.74, 6) is -4.65. The number of carbonyl (C=O) groups excluding carboxylic acids is 1. The van der Waals surface area contributed by atoms with Crippen LogP contribution in [0.25, 0.3) is 0 Å². The fourth-order valence-electron chi connectivity index (χ4n) is 2.16. The number of halogens is 4. The van der Waals surface area contributed by atoms with E-state index < -0.39 is 23.4 Å². The van der Waals surface area contributed by atoms with Crippen LogP contribution in [0.3, 0.4) is 0 Å². The van der Waals surface area contributed by atoms with Crippen molar-refractivity contribution < 1.29 is 18.0 Å². The normalized spacial score (nSPS) is 10.5. The molecule has 0 aliphatic rings. The van der Waals surface area contributed by atoms with Crippen LogP contribution >= 0.6 is 11.6 Å². The molecule has 1 aromatic heterocycles. The van der Waals surface area contributed by atoms with Gasteiger partial charge in [-0.25, -0.2) is 18.2 Å². The number of hydrogen-bond donors (Lipinski definition) is 2. The lowest BCUT2D eigenvalue weighted by molar-refractivity contribution is 0.102. The molecule has 2 N–H and O–H groups in total. The predicted octanol–water partition coefficient (Wildman–Crippen LogP) is 5.15. The number of hydrogen-bond acceptors (Lipinski definition) is 3. The van der Waals surface area contributed by atoms with Crippen LogP contribution in [0.1, 0.15) is 10.4 Å². The molecule has 0 aliphatic heterocycles. The second kappa shape index (κ2) is 7.45. The second-order valence-electron chi connectivity index (χ2n) is 5.21. The maximum Gasteiger partial charge on any atom is 0.255 e. The summed E-state index contributed by atoms with van der Waals surface area (Å²) in [4.78, 5) is 16.3. The summed E-state index contributed by atoms with van der Waals surface area (Å²) in [6.07, 6.45) is 1.32. The minimum Gasteiger partial charge on any atom is -0.338 e. The first-order valence-electron chi connectivity index (χ1n) is 7.38. The van der Waals surface area contributed by atoms with Gasteiger partial charge < -0.3 is 10.6 Å². The highest BCUT2D eigenvalue weighted by Crippen LogP contribution is 2.24. The molecule has 0 radical (unpaired) electrons. The summed E-state index contributed by atoms with van der Waals surface area (Å²) >= 11 is 5.99. The van der Waals surface area contributed by atoms with E-state index in [1.807, 2.05) is 0 Å². The van der Waals surface area contributed by atoms with E-state index in [-0.39, 0.29) is 17.1 Å². The minimum atomic E-state index is -1.59. The predicted molar refractivity (Wildman–Crippen MR) is 93.2 cm³/mol. The molecule has 132 valence electrons. The minimum absolute atomic E-state index is 0.0849. The number of nitrogens with one attached hydrogen (secondary N) is 2. The molecule has 8 heteroatoms. The van der Waals surface area contributed by atoms with Crippen LogP contribution in [0, 0.1) is 17.5 Å². The van der Waals surface area contributed by atoms with Crippen molar-refractivity contribution in [3.8, 4) is 0 Å². The fourth-order valence-corrected chi connectivity index (χ4v) is 2.34. The monoisotopic (exact) mass is 377 g/mol. The molecule has 3 aromatic rings. The van der Waals surface area contributed by atoms with Gasteiger partial charge in [-0.15, -0.1) is 0 Å². The number of rotatable bonds is 4. The molecule has 1 amide bonds. The van der Waals surface area contributed by atoms with Crippen LogP contribution in [0.2, 0.25) is 5.02 Å². The smallest absolute Gasteiger partial charge is 0.255 e. The maximum absolute atomic E-state index is 13.7. The van der Waals surface area contributed by atoms with E-state index in [2.05, 4.69) is 15.6 Å². The Morgan fingerprint density at radius 3 is 2.50 bits per heavy atom. The number of anilines is 3. The Labute approximate surface area is 151 Å². The molecule has 0 saturated heterocycles. The molecule has 1 heterocycles. The van der Waals surface area contributed by atoms with Gasteiger partial charge in [-0.3, -0.25) is 4.79 Å². The van der Waals surface area contributed by atoms with Crippen LogP contribution in [0.15, 0.2) is 54.7 Å². The molecule has 0 fully saturated rings. The van der Waals surface area contributed by atoms with Crippen molar-refractivity contribution >= 4 is 34.7 Å². The Morgan fingerprint density at radius 1 is 0.962 bits per heavy atom. The lowest BCUT2D eigenvalue weighted by atomic mass is 10.2. The third-order valence-electron chi connectivity index (χ3n) is 3.44. The first-order valence-corrected chi connectivity index (χ1v) is 7.76. The number of amides is 1. The summed E-state index contributed by atoms with van der Waals surface area (Å²) in [7, 11) is 0. The highest BCUT2D eigenvalue weighted by atomic mass is 35.5. The zero-order valence-corrected chi connectivity index (χ0v) is 13.8. The summed E-state index contributed by atoms with van der Waals surface area (Å²) in [6.45, 7) is 0. The maximum atomic E-state index is 13.7. The molecule has 3 rings (SSSR count). The fraction of sp³-hybridized carbons (Fsp3) is 0. The molecule has 0 spiro atoms. The van der Waals surface area contributed by atoms with Gasteiger partial charge in [0.1, 0.15) is 5.82 Å². The first kappa shape index (κ1) is 17.8. The van der Waals surface area contributed by atoms with E-state index in [1.165, 1.54) is 18.3 Å². The quantitative estimate of drug-likeness (QED) is 0.618. The average molecular weight is 378 g/mol. The molecule has 26 heavy (non-hydrogen) atoms. The van der Waals surface area contributed by atoms with Crippen molar-refractivity contribution in [2.75, 3.05) is 10.6 Å². The van der Waals surface area contributed by atoms with Gasteiger partial charge in [-0.1, -0.05) is 23.7 Å². The zero-order chi connectivity index (χ0) is 18.7. The Morgan fingerprint density at radius 2 is 1.73 bits per heavy atom. The molecule has 0 aliphatic carbocycles. The molecular weight excluding hydrogens is 367 g/mol. The molecule has 4 nitrogen and oxygen atoms in total. The van der Waals surface area contributed by atoms with Crippen molar-refractivity contribution in [1.29, 1.82) is 0 Å². The highest BCUT2D eigenvalue weighted by molar-refractivity contribution is 6.33. The summed E-state index contributed by atoms with van der Waals surface area (Å²) < 4.78 is 40.0. The Hall–Kier alpha value is -3.06. The number of carbonyl (C=O) groups is 1. The molecular formula is C18H11ClF3N3O. The number of para-hydroxylation sites is 1.